The number of methoxy groups -OCH3 is 2. The molecule has 0 bridgehead atoms. The van der Waals surface area contributed by atoms with Crippen molar-refractivity contribution in [2.45, 2.75) is 23.4 Å². The number of carbonyl (C=O) groups excluding carboxylic acids is 1. The topological polar surface area (TPSA) is 93.7 Å². The zero-order valence-electron chi connectivity index (χ0n) is 21.2. The summed E-state index contributed by atoms with van der Waals surface area (Å²) in [5.74, 6) is 0.224. The zero-order chi connectivity index (χ0) is 27.0. The molecule has 7 nitrogen and oxygen atoms in total. The summed E-state index contributed by atoms with van der Waals surface area (Å²) in [5.41, 5.74) is 2.58. The summed E-state index contributed by atoms with van der Waals surface area (Å²) >= 11 is 0. The number of ether oxygens (including phenoxy) is 2. The van der Waals surface area contributed by atoms with E-state index in [1.807, 2.05) is 91.0 Å². The van der Waals surface area contributed by atoms with Gasteiger partial charge in [-0.3, -0.25) is 4.79 Å². The first-order chi connectivity index (χ1) is 18.4. The monoisotopic (exact) mass is 530 g/mol. The molecule has 4 rings (SSSR count). The largest absolute Gasteiger partial charge is 0.493 e. The van der Waals surface area contributed by atoms with Crippen LogP contribution in [0.3, 0.4) is 0 Å². The van der Waals surface area contributed by atoms with Gasteiger partial charge in [0.2, 0.25) is 15.9 Å². The molecule has 0 heterocycles. The molecule has 196 valence electrons. The minimum atomic E-state index is -4.09. The average molecular weight is 531 g/mol. The van der Waals surface area contributed by atoms with Gasteiger partial charge in [-0.05, 0) is 35.2 Å². The maximum atomic E-state index is 13.8. The SMILES string of the molecule is COc1ccc(S(=O)(=O)NC(Cc2ccccc2)C(=O)NC(c2ccccc2)c2ccccc2)cc1OC. The number of benzene rings is 4. The van der Waals surface area contributed by atoms with Crippen molar-refractivity contribution in [2.75, 3.05) is 14.2 Å². The Balaban J connectivity index is 1.66. The predicted molar refractivity (Wildman–Crippen MR) is 147 cm³/mol. The Labute approximate surface area is 223 Å². The molecule has 0 saturated heterocycles. The second kappa shape index (κ2) is 12.4. The molecule has 0 aliphatic carbocycles. The highest BCUT2D eigenvalue weighted by molar-refractivity contribution is 7.89. The molecule has 38 heavy (non-hydrogen) atoms. The first-order valence-corrected chi connectivity index (χ1v) is 13.6. The van der Waals surface area contributed by atoms with E-state index in [0.29, 0.717) is 5.75 Å². The molecule has 4 aromatic carbocycles. The van der Waals surface area contributed by atoms with Gasteiger partial charge in [-0.15, -0.1) is 0 Å². The Morgan fingerprint density at radius 2 is 1.26 bits per heavy atom. The van der Waals surface area contributed by atoms with Crippen molar-refractivity contribution in [3.8, 4) is 11.5 Å². The van der Waals surface area contributed by atoms with Gasteiger partial charge in [0.05, 0.1) is 25.2 Å². The van der Waals surface area contributed by atoms with Gasteiger partial charge in [0, 0.05) is 6.07 Å². The van der Waals surface area contributed by atoms with Crippen LogP contribution in [0.1, 0.15) is 22.7 Å². The number of hydrogen-bond donors (Lipinski definition) is 2. The van der Waals surface area contributed by atoms with Gasteiger partial charge in [-0.25, -0.2) is 8.42 Å². The third-order valence-electron chi connectivity index (χ3n) is 6.11. The summed E-state index contributed by atoms with van der Waals surface area (Å²) in [6, 6.07) is 31.2. The Morgan fingerprint density at radius 1 is 0.737 bits per heavy atom. The Kier molecular flexibility index (Phi) is 8.78. The van der Waals surface area contributed by atoms with Crippen LogP contribution in [0.5, 0.6) is 11.5 Å². The Hall–Kier alpha value is -4.14. The Bertz CT molecular complexity index is 1410. The van der Waals surface area contributed by atoms with E-state index in [9.17, 15) is 13.2 Å². The number of nitrogens with one attached hydrogen (secondary N) is 2. The highest BCUT2D eigenvalue weighted by atomic mass is 32.2. The Morgan fingerprint density at radius 3 is 1.79 bits per heavy atom. The second-order valence-electron chi connectivity index (χ2n) is 8.64. The molecular formula is C30H30N2O5S. The van der Waals surface area contributed by atoms with Crippen molar-refractivity contribution >= 4 is 15.9 Å². The van der Waals surface area contributed by atoms with Gasteiger partial charge in [-0.2, -0.15) is 4.72 Å². The lowest BCUT2D eigenvalue weighted by molar-refractivity contribution is -0.123. The van der Waals surface area contributed by atoms with Crippen molar-refractivity contribution < 1.29 is 22.7 Å². The van der Waals surface area contributed by atoms with Gasteiger partial charge in [0.1, 0.15) is 6.04 Å². The van der Waals surface area contributed by atoms with E-state index in [4.69, 9.17) is 9.47 Å². The molecule has 1 unspecified atom stereocenters. The van der Waals surface area contributed by atoms with E-state index in [-0.39, 0.29) is 17.1 Å². The van der Waals surface area contributed by atoms with Crippen molar-refractivity contribution in [1.29, 1.82) is 0 Å². The maximum Gasteiger partial charge on any atom is 0.241 e. The van der Waals surface area contributed by atoms with Crippen LogP contribution in [0, 0.1) is 0 Å². The maximum absolute atomic E-state index is 13.8. The van der Waals surface area contributed by atoms with Crippen LogP contribution in [0.4, 0.5) is 0 Å². The van der Waals surface area contributed by atoms with Crippen LogP contribution >= 0.6 is 0 Å². The van der Waals surface area contributed by atoms with Crippen molar-refractivity contribution in [1.82, 2.24) is 10.0 Å². The zero-order valence-corrected chi connectivity index (χ0v) is 22.0. The van der Waals surface area contributed by atoms with Crippen LogP contribution in [0.25, 0.3) is 0 Å². The number of carbonyl (C=O) groups is 1. The fourth-order valence-corrected chi connectivity index (χ4v) is 5.38. The highest BCUT2D eigenvalue weighted by Crippen LogP contribution is 2.29. The van der Waals surface area contributed by atoms with Gasteiger partial charge >= 0.3 is 0 Å². The predicted octanol–water partition coefficient (Wildman–Crippen LogP) is 4.50. The number of amides is 1. The number of rotatable bonds is 11. The molecule has 1 atom stereocenters. The molecule has 4 aromatic rings. The smallest absolute Gasteiger partial charge is 0.241 e. The first-order valence-electron chi connectivity index (χ1n) is 12.1. The van der Waals surface area contributed by atoms with Gasteiger partial charge in [0.15, 0.2) is 11.5 Å². The van der Waals surface area contributed by atoms with Crippen molar-refractivity contribution in [2.24, 2.45) is 0 Å². The molecular weight excluding hydrogens is 500 g/mol. The minimum absolute atomic E-state index is 0.0383. The lowest BCUT2D eigenvalue weighted by Crippen LogP contribution is -2.49. The van der Waals surface area contributed by atoms with Crippen LogP contribution in [0.15, 0.2) is 114 Å². The lowest BCUT2D eigenvalue weighted by atomic mass is 9.97. The molecule has 0 aromatic heterocycles. The summed E-state index contributed by atoms with van der Waals surface area (Å²) in [6.45, 7) is 0. The summed E-state index contributed by atoms with van der Waals surface area (Å²) < 4.78 is 40.0. The third-order valence-corrected chi connectivity index (χ3v) is 7.58. The standard InChI is InChI=1S/C30H30N2O5S/c1-36-27-19-18-25(21-28(27)37-2)38(34,35)32-26(20-22-12-6-3-7-13-22)30(33)31-29(23-14-8-4-9-15-23)24-16-10-5-11-17-24/h3-19,21,26,29,32H,20H2,1-2H3,(H,31,33). The summed E-state index contributed by atoms with van der Waals surface area (Å²) in [6.07, 6.45) is 0.162. The van der Waals surface area contributed by atoms with Crippen molar-refractivity contribution in [3.05, 3.63) is 126 Å². The van der Waals surface area contributed by atoms with E-state index in [0.717, 1.165) is 16.7 Å². The van der Waals surface area contributed by atoms with E-state index >= 15 is 0 Å². The molecule has 1 amide bonds. The van der Waals surface area contributed by atoms with E-state index < -0.39 is 28.0 Å². The van der Waals surface area contributed by atoms with Crippen LogP contribution < -0.4 is 19.5 Å². The quantitative estimate of drug-likeness (QED) is 0.298. The molecule has 0 saturated carbocycles. The molecule has 0 radical (unpaired) electrons. The van der Waals surface area contributed by atoms with Crippen LogP contribution in [-0.2, 0) is 21.2 Å². The summed E-state index contributed by atoms with van der Waals surface area (Å²) in [4.78, 5) is 13.7. The van der Waals surface area contributed by atoms with E-state index in [2.05, 4.69) is 10.0 Å². The fraction of sp³-hybridized carbons (Fsp3) is 0.167. The van der Waals surface area contributed by atoms with Gasteiger partial charge in [-0.1, -0.05) is 91.0 Å². The normalized spacial score (nSPS) is 12.1. The molecule has 0 spiro atoms. The van der Waals surface area contributed by atoms with Crippen molar-refractivity contribution in [3.63, 3.8) is 0 Å². The van der Waals surface area contributed by atoms with Gasteiger partial charge in [0.25, 0.3) is 0 Å². The molecule has 0 fully saturated rings. The van der Waals surface area contributed by atoms with E-state index in [1.54, 1.807) is 0 Å². The number of sulfonamides is 1. The van der Waals surface area contributed by atoms with Gasteiger partial charge < -0.3 is 14.8 Å². The minimum Gasteiger partial charge on any atom is -0.493 e. The van der Waals surface area contributed by atoms with Crippen LogP contribution in [0.2, 0.25) is 0 Å². The molecule has 2 N–H and O–H groups in total. The fourth-order valence-electron chi connectivity index (χ4n) is 4.17. The average Bonchev–Trinajstić information content (AvgIpc) is 2.96. The highest BCUT2D eigenvalue weighted by Gasteiger charge is 2.29. The van der Waals surface area contributed by atoms with Crippen LogP contribution in [-0.4, -0.2) is 34.6 Å². The first kappa shape index (κ1) is 26.9. The molecule has 8 heteroatoms. The molecule has 0 aliphatic heterocycles. The lowest BCUT2D eigenvalue weighted by Gasteiger charge is -2.24. The molecule has 0 aliphatic rings. The van der Waals surface area contributed by atoms with E-state index in [1.165, 1.54) is 32.4 Å². The third kappa shape index (κ3) is 6.59. The second-order valence-corrected chi connectivity index (χ2v) is 10.4. The summed E-state index contributed by atoms with van der Waals surface area (Å²) in [7, 11) is -1.19. The number of hydrogen-bond acceptors (Lipinski definition) is 5. The summed E-state index contributed by atoms with van der Waals surface area (Å²) in [5, 5.41) is 3.07.